The van der Waals surface area contributed by atoms with Gasteiger partial charge >= 0.3 is 0 Å². The van der Waals surface area contributed by atoms with E-state index in [1.54, 1.807) is 0 Å². The zero-order valence-corrected chi connectivity index (χ0v) is 13.9. The maximum absolute atomic E-state index is 12.3. The number of unbranched alkanes of at least 4 members (excludes halogenated alkanes) is 1. The standard InChI is InChI=1S/C18H24N4O2/c1-2-3-9-15(12-19)20-18(24)16-10-11-17(23)22(21-16)13-14-7-5-4-6-8-14/h4-8,10-11,15H,2-3,9,12-13,19H2,1H3,(H,20,24). The smallest absolute Gasteiger partial charge is 0.271 e. The van der Waals surface area contributed by atoms with E-state index in [0.29, 0.717) is 13.1 Å². The van der Waals surface area contributed by atoms with Crippen LogP contribution in [-0.2, 0) is 6.54 Å². The van der Waals surface area contributed by atoms with Gasteiger partial charge in [0.15, 0.2) is 0 Å². The third kappa shape index (κ3) is 5.03. The Morgan fingerprint density at radius 1 is 1.25 bits per heavy atom. The van der Waals surface area contributed by atoms with E-state index in [1.807, 2.05) is 30.3 Å². The lowest BCUT2D eigenvalue weighted by Crippen LogP contribution is -2.41. The van der Waals surface area contributed by atoms with Gasteiger partial charge in [-0.15, -0.1) is 0 Å². The number of nitrogens with two attached hydrogens (primary N) is 1. The normalized spacial score (nSPS) is 11.9. The maximum Gasteiger partial charge on any atom is 0.271 e. The highest BCUT2D eigenvalue weighted by atomic mass is 16.2. The summed E-state index contributed by atoms with van der Waals surface area (Å²) in [6.07, 6.45) is 2.89. The van der Waals surface area contributed by atoms with Crippen molar-refractivity contribution in [2.24, 2.45) is 5.73 Å². The minimum absolute atomic E-state index is 0.0752. The van der Waals surface area contributed by atoms with E-state index < -0.39 is 0 Å². The van der Waals surface area contributed by atoms with Crippen LogP contribution in [0.25, 0.3) is 0 Å². The second-order valence-corrected chi connectivity index (χ2v) is 5.75. The molecule has 1 amide bonds. The van der Waals surface area contributed by atoms with Gasteiger partial charge in [0.25, 0.3) is 11.5 Å². The number of nitrogens with one attached hydrogen (secondary N) is 1. The first-order valence-electron chi connectivity index (χ1n) is 8.27. The fraction of sp³-hybridized carbons (Fsp3) is 0.389. The van der Waals surface area contributed by atoms with Gasteiger partial charge in [-0.25, -0.2) is 4.68 Å². The lowest BCUT2D eigenvalue weighted by molar-refractivity contribution is 0.0928. The van der Waals surface area contributed by atoms with Crippen molar-refractivity contribution in [1.29, 1.82) is 0 Å². The Hall–Kier alpha value is -2.47. The lowest BCUT2D eigenvalue weighted by Gasteiger charge is -2.16. The van der Waals surface area contributed by atoms with Crippen molar-refractivity contribution in [3.05, 3.63) is 64.1 Å². The average Bonchev–Trinajstić information content (AvgIpc) is 2.61. The SMILES string of the molecule is CCCCC(CN)NC(=O)c1ccc(=O)n(Cc2ccccc2)n1. The van der Waals surface area contributed by atoms with Crippen LogP contribution in [0.5, 0.6) is 0 Å². The summed E-state index contributed by atoms with van der Waals surface area (Å²) in [5.74, 6) is -0.302. The monoisotopic (exact) mass is 328 g/mol. The zero-order chi connectivity index (χ0) is 17.4. The van der Waals surface area contributed by atoms with Gasteiger partial charge in [-0.05, 0) is 18.1 Å². The molecular formula is C18H24N4O2. The van der Waals surface area contributed by atoms with Crippen molar-refractivity contribution in [3.63, 3.8) is 0 Å². The van der Waals surface area contributed by atoms with Crippen LogP contribution in [0.3, 0.4) is 0 Å². The number of hydrogen-bond acceptors (Lipinski definition) is 4. The largest absolute Gasteiger partial charge is 0.347 e. The molecule has 0 fully saturated rings. The Kier molecular flexibility index (Phi) is 6.69. The summed E-state index contributed by atoms with van der Waals surface area (Å²) in [7, 11) is 0. The fourth-order valence-electron chi connectivity index (χ4n) is 2.40. The van der Waals surface area contributed by atoms with E-state index >= 15 is 0 Å². The second-order valence-electron chi connectivity index (χ2n) is 5.75. The first kappa shape index (κ1) is 17.9. The molecule has 1 aromatic carbocycles. The third-order valence-electron chi connectivity index (χ3n) is 3.80. The Balaban J connectivity index is 2.12. The summed E-state index contributed by atoms with van der Waals surface area (Å²) < 4.78 is 1.30. The van der Waals surface area contributed by atoms with E-state index in [1.165, 1.54) is 16.8 Å². The molecule has 0 bridgehead atoms. The molecule has 3 N–H and O–H groups in total. The Bertz CT molecular complexity index is 712. The van der Waals surface area contributed by atoms with E-state index in [2.05, 4.69) is 17.3 Å². The summed E-state index contributed by atoms with van der Waals surface area (Å²) in [4.78, 5) is 24.3. The predicted octanol–water partition coefficient (Wildman–Crippen LogP) is 1.54. The van der Waals surface area contributed by atoms with Gasteiger partial charge in [-0.3, -0.25) is 9.59 Å². The molecule has 0 aliphatic carbocycles. The molecule has 1 heterocycles. The molecule has 24 heavy (non-hydrogen) atoms. The molecule has 2 aromatic rings. The average molecular weight is 328 g/mol. The predicted molar refractivity (Wildman–Crippen MR) is 93.9 cm³/mol. The van der Waals surface area contributed by atoms with Crippen molar-refractivity contribution in [2.75, 3.05) is 6.54 Å². The van der Waals surface area contributed by atoms with E-state index in [9.17, 15) is 9.59 Å². The second kappa shape index (κ2) is 8.98. The Morgan fingerprint density at radius 2 is 2.00 bits per heavy atom. The Morgan fingerprint density at radius 3 is 2.67 bits per heavy atom. The lowest BCUT2D eigenvalue weighted by atomic mass is 10.1. The third-order valence-corrected chi connectivity index (χ3v) is 3.80. The number of rotatable bonds is 8. The molecular weight excluding hydrogens is 304 g/mol. The van der Waals surface area contributed by atoms with Gasteiger partial charge < -0.3 is 11.1 Å². The highest BCUT2D eigenvalue weighted by Crippen LogP contribution is 2.02. The number of amides is 1. The highest BCUT2D eigenvalue weighted by Gasteiger charge is 2.14. The van der Waals surface area contributed by atoms with Gasteiger partial charge in [0, 0.05) is 18.7 Å². The van der Waals surface area contributed by atoms with E-state index in [4.69, 9.17) is 5.73 Å². The number of carbonyl (C=O) groups excluding carboxylic acids is 1. The van der Waals surface area contributed by atoms with Crippen molar-refractivity contribution in [1.82, 2.24) is 15.1 Å². The molecule has 1 aromatic heterocycles. The van der Waals surface area contributed by atoms with Crippen LogP contribution in [-0.4, -0.2) is 28.3 Å². The van der Waals surface area contributed by atoms with Crippen molar-refractivity contribution >= 4 is 5.91 Å². The van der Waals surface area contributed by atoms with E-state index in [-0.39, 0.29) is 23.2 Å². The van der Waals surface area contributed by atoms with Gasteiger partial charge in [0.05, 0.1) is 6.54 Å². The molecule has 0 spiro atoms. The minimum Gasteiger partial charge on any atom is -0.347 e. The summed E-state index contributed by atoms with van der Waals surface area (Å²) in [5, 5.41) is 7.07. The zero-order valence-electron chi connectivity index (χ0n) is 13.9. The summed E-state index contributed by atoms with van der Waals surface area (Å²) in [6.45, 7) is 2.81. The molecule has 0 saturated carbocycles. The van der Waals surface area contributed by atoms with Gasteiger partial charge in [-0.1, -0.05) is 50.1 Å². The molecule has 6 nitrogen and oxygen atoms in total. The summed E-state index contributed by atoms with van der Waals surface area (Å²) in [5.41, 5.74) is 6.64. The molecule has 128 valence electrons. The number of aromatic nitrogens is 2. The van der Waals surface area contributed by atoms with Crippen LogP contribution in [0.1, 0.15) is 42.2 Å². The molecule has 0 saturated heterocycles. The number of carbonyl (C=O) groups is 1. The maximum atomic E-state index is 12.3. The van der Waals surface area contributed by atoms with Crippen LogP contribution < -0.4 is 16.6 Å². The van der Waals surface area contributed by atoms with Crippen molar-refractivity contribution < 1.29 is 4.79 Å². The molecule has 0 aliphatic heterocycles. The van der Waals surface area contributed by atoms with Crippen molar-refractivity contribution in [2.45, 2.75) is 38.8 Å². The Labute approximate surface area is 141 Å². The van der Waals surface area contributed by atoms with Gasteiger partial charge in [0.1, 0.15) is 5.69 Å². The molecule has 0 aliphatic rings. The van der Waals surface area contributed by atoms with Crippen LogP contribution in [0, 0.1) is 0 Å². The topological polar surface area (TPSA) is 90.0 Å². The van der Waals surface area contributed by atoms with E-state index in [0.717, 1.165) is 24.8 Å². The summed E-state index contributed by atoms with van der Waals surface area (Å²) >= 11 is 0. The fourth-order valence-corrected chi connectivity index (χ4v) is 2.40. The number of benzene rings is 1. The van der Waals surface area contributed by atoms with Gasteiger partial charge in [0.2, 0.25) is 0 Å². The molecule has 1 atom stereocenters. The molecule has 1 unspecified atom stereocenters. The molecule has 0 radical (unpaired) electrons. The van der Waals surface area contributed by atoms with Gasteiger partial charge in [-0.2, -0.15) is 5.10 Å². The number of hydrogen-bond donors (Lipinski definition) is 2. The molecule has 2 rings (SSSR count). The van der Waals surface area contributed by atoms with Crippen molar-refractivity contribution in [3.8, 4) is 0 Å². The first-order chi connectivity index (χ1) is 11.6. The van der Waals surface area contributed by atoms with Crippen LogP contribution >= 0.6 is 0 Å². The quantitative estimate of drug-likeness (QED) is 0.769. The van der Waals surface area contributed by atoms with Crippen LogP contribution in [0.4, 0.5) is 0 Å². The first-order valence-corrected chi connectivity index (χ1v) is 8.27. The highest BCUT2D eigenvalue weighted by molar-refractivity contribution is 5.92. The molecule has 6 heteroatoms. The summed E-state index contributed by atoms with van der Waals surface area (Å²) in [6, 6.07) is 12.3. The van der Waals surface area contributed by atoms with Crippen LogP contribution in [0.15, 0.2) is 47.3 Å². The number of nitrogens with zero attached hydrogens (tertiary/aromatic N) is 2. The van der Waals surface area contributed by atoms with Crippen LogP contribution in [0.2, 0.25) is 0 Å². The minimum atomic E-state index is -0.302.